The molecule has 1 unspecified atom stereocenters. The van der Waals surface area contributed by atoms with Crippen LogP contribution < -0.4 is 5.32 Å². The number of carboxylic acids is 2. The van der Waals surface area contributed by atoms with E-state index in [0.29, 0.717) is 0 Å². The average molecular weight is 236 g/mol. The highest BCUT2D eigenvalue weighted by Crippen LogP contribution is 1.90. The maximum absolute atomic E-state index is 9.73. The molecule has 0 heterocycles. The van der Waals surface area contributed by atoms with Crippen LogP contribution in [0.15, 0.2) is 0 Å². The molecule has 7 heteroatoms. The summed E-state index contributed by atoms with van der Waals surface area (Å²) in [5.74, 6) is -2.12. The molecular formula is C9H20N2O5. The van der Waals surface area contributed by atoms with E-state index in [2.05, 4.69) is 5.32 Å². The molecule has 0 aromatic heterocycles. The van der Waals surface area contributed by atoms with Gasteiger partial charge in [-0.3, -0.25) is 19.8 Å². The van der Waals surface area contributed by atoms with E-state index in [-0.39, 0.29) is 19.3 Å². The number of nitrogens with zero attached hydrogens (tertiary/aromatic N) is 1. The lowest BCUT2D eigenvalue weighted by Crippen LogP contribution is -2.27. The van der Waals surface area contributed by atoms with Crippen molar-refractivity contribution in [3.63, 3.8) is 0 Å². The van der Waals surface area contributed by atoms with Gasteiger partial charge in [-0.15, -0.1) is 0 Å². The van der Waals surface area contributed by atoms with Gasteiger partial charge in [0, 0.05) is 0 Å². The van der Waals surface area contributed by atoms with Crippen molar-refractivity contribution in [2.24, 2.45) is 0 Å². The summed E-state index contributed by atoms with van der Waals surface area (Å²) in [6.45, 7) is 1.32. The Morgan fingerprint density at radius 2 is 1.56 bits per heavy atom. The fourth-order valence-electron chi connectivity index (χ4n) is 0.642. The number of aliphatic hydroxyl groups is 1. The smallest absolute Gasteiger partial charge is 0.317 e. The molecular weight excluding hydrogens is 216 g/mol. The second kappa shape index (κ2) is 10.3. The molecule has 0 aromatic carbocycles. The first-order valence-electron chi connectivity index (χ1n) is 4.80. The van der Waals surface area contributed by atoms with Gasteiger partial charge in [0.15, 0.2) is 0 Å². The first-order valence-corrected chi connectivity index (χ1v) is 4.80. The first-order chi connectivity index (χ1) is 7.31. The van der Waals surface area contributed by atoms with Gasteiger partial charge in [-0.1, -0.05) is 6.92 Å². The van der Waals surface area contributed by atoms with Crippen LogP contribution in [-0.2, 0) is 9.59 Å². The van der Waals surface area contributed by atoms with Crippen LogP contribution in [0.3, 0.4) is 0 Å². The van der Waals surface area contributed by atoms with Gasteiger partial charge < -0.3 is 15.3 Å². The first kappa shape index (κ1) is 17.2. The van der Waals surface area contributed by atoms with Crippen LogP contribution in [0.25, 0.3) is 0 Å². The molecule has 1 atom stereocenters. The van der Waals surface area contributed by atoms with Crippen LogP contribution in [0, 0.1) is 0 Å². The standard InChI is InChI=1S/C5H13NO.C4H7NO4/c1-4-5(7)6(2)3;6-3(7)1-5-2-4(8)9/h5,7H,4H2,1-3H3;5H,1-2H2,(H,6,7)(H,8,9). The summed E-state index contributed by atoms with van der Waals surface area (Å²) in [6.07, 6.45) is 0.535. The summed E-state index contributed by atoms with van der Waals surface area (Å²) in [4.78, 5) is 21.2. The lowest BCUT2D eigenvalue weighted by Gasteiger charge is -2.15. The highest BCUT2D eigenvalue weighted by molar-refractivity contribution is 5.72. The molecule has 0 spiro atoms. The molecule has 0 amide bonds. The van der Waals surface area contributed by atoms with Gasteiger partial charge in [-0.2, -0.15) is 0 Å². The van der Waals surface area contributed by atoms with Crippen molar-refractivity contribution in [3.05, 3.63) is 0 Å². The third-order valence-electron chi connectivity index (χ3n) is 1.51. The van der Waals surface area contributed by atoms with Crippen LogP contribution in [-0.4, -0.2) is 65.6 Å². The van der Waals surface area contributed by atoms with E-state index in [1.165, 1.54) is 0 Å². The molecule has 0 saturated heterocycles. The number of hydrogen-bond acceptors (Lipinski definition) is 5. The summed E-state index contributed by atoms with van der Waals surface area (Å²) in [5, 5.41) is 27.0. The topological polar surface area (TPSA) is 110 Å². The normalized spacial score (nSPS) is 11.6. The van der Waals surface area contributed by atoms with E-state index in [1.807, 2.05) is 21.0 Å². The zero-order chi connectivity index (χ0) is 13.1. The van der Waals surface area contributed by atoms with Gasteiger partial charge in [-0.05, 0) is 20.5 Å². The molecule has 0 aromatic rings. The van der Waals surface area contributed by atoms with Gasteiger partial charge in [0.05, 0.1) is 13.1 Å². The average Bonchev–Trinajstić information content (AvgIpc) is 2.16. The fraction of sp³-hybridized carbons (Fsp3) is 0.778. The Morgan fingerprint density at radius 1 is 1.19 bits per heavy atom. The van der Waals surface area contributed by atoms with Gasteiger partial charge in [-0.25, -0.2) is 0 Å². The van der Waals surface area contributed by atoms with Crippen LogP contribution in [0.4, 0.5) is 0 Å². The summed E-state index contributed by atoms with van der Waals surface area (Å²) in [6, 6.07) is 0. The van der Waals surface area contributed by atoms with Crippen molar-refractivity contribution in [2.45, 2.75) is 19.6 Å². The SMILES string of the molecule is CCC(O)N(C)C.O=C(O)CNCC(=O)O. The summed E-state index contributed by atoms with van der Waals surface area (Å²) >= 11 is 0. The van der Waals surface area contributed by atoms with Crippen LogP contribution in [0.1, 0.15) is 13.3 Å². The molecule has 16 heavy (non-hydrogen) atoms. The molecule has 96 valence electrons. The predicted octanol–water partition coefficient (Wildman–Crippen LogP) is -0.978. The Labute approximate surface area is 94.7 Å². The second-order valence-electron chi connectivity index (χ2n) is 3.24. The van der Waals surface area contributed by atoms with E-state index in [1.54, 1.807) is 4.90 Å². The van der Waals surface area contributed by atoms with E-state index in [9.17, 15) is 9.59 Å². The lowest BCUT2D eigenvalue weighted by molar-refractivity contribution is -0.137. The lowest BCUT2D eigenvalue weighted by atomic mass is 10.4. The molecule has 0 aliphatic carbocycles. The van der Waals surface area contributed by atoms with Crippen LogP contribution >= 0.6 is 0 Å². The minimum Gasteiger partial charge on any atom is -0.480 e. The van der Waals surface area contributed by atoms with E-state index < -0.39 is 11.9 Å². The second-order valence-corrected chi connectivity index (χ2v) is 3.24. The quantitative estimate of drug-likeness (QED) is 0.439. The van der Waals surface area contributed by atoms with Crippen molar-refractivity contribution in [1.82, 2.24) is 10.2 Å². The molecule has 0 fully saturated rings. The third-order valence-corrected chi connectivity index (χ3v) is 1.51. The Bertz CT molecular complexity index is 194. The zero-order valence-corrected chi connectivity index (χ0v) is 9.80. The number of carbonyl (C=O) groups is 2. The molecule has 0 saturated carbocycles. The summed E-state index contributed by atoms with van der Waals surface area (Å²) in [7, 11) is 3.71. The van der Waals surface area contributed by atoms with Crippen molar-refractivity contribution >= 4 is 11.9 Å². The molecule has 0 rings (SSSR count). The highest BCUT2D eigenvalue weighted by atomic mass is 16.4. The number of carboxylic acid groups (broad SMARTS) is 2. The van der Waals surface area contributed by atoms with E-state index in [4.69, 9.17) is 15.3 Å². The zero-order valence-electron chi connectivity index (χ0n) is 9.80. The molecule has 0 bridgehead atoms. The third kappa shape index (κ3) is 15.3. The Morgan fingerprint density at radius 3 is 1.69 bits per heavy atom. The monoisotopic (exact) mass is 236 g/mol. The van der Waals surface area contributed by atoms with E-state index in [0.717, 1.165) is 6.42 Å². The van der Waals surface area contributed by atoms with Crippen LogP contribution in [0.2, 0.25) is 0 Å². The van der Waals surface area contributed by atoms with Gasteiger partial charge in [0.1, 0.15) is 6.23 Å². The molecule has 0 radical (unpaired) electrons. The number of nitrogens with one attached hydrogen (secondary N) is 1. The maximum Gasteiger partial charge on any atom is 0.317 e. The largest absolute Gasteiger partial charge is 0.480 e. The molecule has 0 aliphatic heterocycles. The minimum absolute atomic E-state index is 0.264. The Balaban J connectivity index is 0. The maximum atomic E-state index is 9.73. The molecule has 4 N–H and O–H groups in total. The summed E-state index contributed by atoms with van der Waals surface area (Å²) < 4.78 is 0. The van der Waals surface area contributed by atoms with Crippen molar-refractivity contribution in [3.8, 4) is 0 Å². The van der Waals surface area contributed by atoms with Crippen molar-refractivity contribution in [1.29, 1.82) is 0 Å². The number of aliphatic hydroxyl groups excluding tert-OH is 1. The van der Waals surface area contributed by atoms with Crippen molar-refractivity contribution < 1.29 is 24.9 Å². The minimum atomic E-state index is -1.06. The van der Waals surface area contributed by atoms with Crippen molar-refractivity contribution in [2.75, 3.05) is 27.2 Å². The van der Waals surface area contributed by atoms with Crippen LogP contribution in [0.5, 0.6) is 0 Å². The fourth-order valence-corrected chi connectivity index (χ4v) is 0.642. The molecule has 0 aliphatic rings. The van der Waals surface area contributed by atoms with Gasteiger partial charge in [0.25, 0.3) is 0 Å². The van der Waals surface area contributed by atoms with Gasteiger partial charge >= 0.3 is 11.9 Å². The number of hydrogen-bond donors (Lipinski definition) is 4. The predicted molar refractivity (Wildman–Crippen MR) is 58.1 cm³/mol. The van der Waals surface area contributed by atoms with Gasteiger partial charge in [0.2, 0.25) is 0 Å². The summed E-state index contributed by atoms with van der Waals surface area (Å²) in [5.41, 5.74) is 0. The highest BCUT2D eigenvalue weighted by Gasteiger charge is 1.99. The number of aliphatic carboxylic acids is 2. The van der Waals surface area contributed by atoms with E-state index >= 15 is 0 Å². The Kier molecular flexibility index (Phi) is 11.1. The number of rotatable bonds is 6. The Hall–Kier alpha value is -1.18. The molecule has 7 nitrogen and oxygen atoms in total.